The maximum Gasteiger partial charge on any atom is 0.122 e. The van der Waals surface area contributed by atoms with Crippen LogP contribution in [-0.2, 0) is 0 Å². The maximum absolute atomic E-state index is 13.0. The number of allylic oxidation sites excluding steroid dienone is 7. The molecule has 0 radical (unpaired) electrons. The summed E-state index contributed by atoms with van der Waals surface area (Å²) in [5.74, 6) is -0.123. The summed E-state index contributed by atoms with van der Waals surface area (Å²) in [6.07, 6.45) is 6.06. The van der Waals surface area contributed by atoms with Gasteiger partial charge in [0.25, 0.3) is 0 Å². The zero-order valence-electron chi connectivity index (χ0n) is 7.52. The van der Waals surface area contributed by atoms with E-state index in [0.717, 1.165) is 11.1 Å². The van der Waals surface area contributed by atoms with Crippen LogP contribution in [0.25, 0.3) is 0 Å². The number of hydrogen-bond acceptors (Lipinski definition) is 0. The maximum atomic E-state index is 13.0. The molecule has 1 rings (SSSR count). The molecule has 0 spiro atoms. The third kappa shape index (κ3) is 1.94. The van der Waals surface area contributed by atoms with Crippen molar-refractivity contribution in [3.63, 3.8) is 0 Å². The van der Waals surface area contributed by atoms with Crippen LogP contribution in [0.3, 0.4) is 0 Å². The average Bonchev–Trinajstić information content (AvgIpc) is 2.15. The second-order valence-electron chi connectivity index (χ2n) is 3.05. The first-order chi connectivity index (χ1) is 5.61. The van der Waals surface area contributed by atoms with Crippen LogP contribution in [0.5, 0.6) is 0 Å². The monoisotopic (exact) mass is 164 g/mol. The molecule has 0 aliphatic heterocycles. The van der Waals surface area contributed by atoms with Crippen LogP contribution >= 0.6 is 0 Å². The van der Waals surface area contributed by atoms with Gasteiger partial charge >= 0.3 is 0 Å². The Bertz CT molecular complexity index is 290. The molecule has 0 atom stereocenters. The van der Waals surface area contributed by atoms with Crippen molar-refractivity contribution < 1.29 is 4.39 Å². The molecule has 0 N–H and O–H groups in total. The van der Waals surface area contributed by atoms with Gasteiger partial charge in [-0.25, -0.2) is 4.39 Å². The highest BCUT2D eigenvalue weighted by molar-refractivity contribution is 5.44. The van der Waals surface area contributed by atoms with E-state index in [-0.39, 0.29) is 5.83 Å². The van der Waals surface area contributed by atoms with Crippen molar-refractivity contribution in [1.29, 1.82) is 0 Å². The lowest BCUT2D eigenvalue weighted by molar-refractivity contribution is 0.648. The van der Waals surface area contributed by atoms with Gasteiger partial charge in [-0.3, -0.25) is 0 Å². The number of rotatable bonds is 1. The summed E-state index contributed by atoms with van der Waals surface area (Å²) in [6, 6.07) is 0. The standard InChI is InChI=1S/C11H13F/c1-8(2)10-5-4-6-11(12)9(3)7-10/h5-7H,1,4H2,2-3H3. The molecule has 0 fully saturated rings. The van der Waals surface area contributed by atoms with Gasteiger partial charge in [-0.2, -0.15) is 0 Å². The van der Waals surface area contributed by atoms with Crippen LogP contribution in [0.1, 0.15) is 20.3 Å². The minimum atomic E-state index is -0.123. The van der Waals surface area contributed by atoms with Crippen molar-refractivity contribution in [2.75, 3.05) is 0 Å². The molecule has 1 aliphatic rings. The second kappa shape index (κ2) is 3.53. The lowest BCUT2D eigenvalue weighted by Crippen LogP contribution is -1.80. The predicted molar refractivity (Wildman–Crippen MR) is 50.5 cm³/mol. The first kappa shape index (κ1) is 8.98. The zero-order valence-corrected chi connectivity index (χ0v) is 7.52. The van der Waals surface area contributed by atoms with E-state index in [1.807, 2.05) is 19.1 Å². The molecule has 12 heavy (non-hydrogen) atoms. The average molecular weight is 164 g/mol. The second-order valence-corrected chi connectivity index (χ2v) is 3.05. The third-order valence-corrected chi connectivity index (χ3v) is 1.88. The van der Waals surface area contributed by atoms with Crippen molar-refractivity contribution in [2.45, 2.75) is 20.3 Å². The molecule has 1 heteroatoms. The van der Waals surface area contributed by atoms with E-state index in [4.69, 9.17) is 0 Å². The van der Waals surface area contributed by atoms with E-state index < -0.39 is 0 Å². The molecule has 0 unspecified atom stereocenters. The summed E-state index contributed by atoms with van der Waals surface area (Å²) in [4.78, 5) is 0. The zero-order chi connectivity index (χ0) is 9.14. The van der Waals surface area contributed by atoms with Gasteiger partial charge in [0.1, 0.15) is 5.83 Å². The van der Waals surface area contributed by atoms with Gasteiger partial charge in [-0.15, -0.1) is 0 Å². The Kier molecular flexibility index (Phi) is 2.64. The summed E-state index contributed by atoms with van der Waals surface area (Å²) in [6.45, 7) is 7.52. The van der Waals surface area contributed by atoms with Crippen LogP contribution < -0.4 is 0 Å². The lowest BCUT2D eigenvalue weighted by Gasteiger charge is -1.99. The summed E-state index contributed by atoms with van der Waals surface area (Å²) in [7, 11) is 0. The van der Waals surface area contributed by atoms with E-state index in [1.54, 1.807) is 13.0 Å². The fourth-order valence-corrected chi connectivity index (χ4v) is 1.11. The highest BCUT2D eigenvalue weighted by atomic mass is 19.1. The highest BCUT2D eigenvalue weighted by Gasteiger charge is 2.03. The normalized spacial score (nSPS) is 17.4. The molecule has 0 saturated carbocycles. The predicted octanol–water partition coefficient (Wildman–Crippen LogP) is 3.69. The highest BCUT2D eigenvalue weighted by Crippen LogP contribution is 2.21. The molecule has 0 aromatic rings. The molecule has 1 aliphatic carbocycles. The van der Waals surface area contributed by atoms with Gasteiger partial charge < -0.3 is 0 Å². The van der Waals surface area contributed by atoms with Crippen molar-refractivity contribution in [1.82, 2.24) is 0 Å². The fraction of sp³-hybridized carbons (Fsp3) is 0.273. The van der Waals surface area contributed by atoms with E-state index in [0.29, 0.717) is 12.0 Å². The van der Waals surface area contributed by atoms with Gasteiger partial charge in [-0.05, 0) is 43.6 Å². The Morgan fingerprint density at radius 1 is 1.50 bits per heavy atom. The third-order valence-electron chi connectivity index (χ3n) is 1.88. The molecule has 0 heterocycles. The summed E-state index contributed by atoms with van der Waals surface area (Å²) in [5.41, 5.74) is 2.70. The van der Waals surface area contributed by atoms with Crippen LogP contribution in [-0.4, -0.2) is 0 Å². The largest absolute Gasteiger partial charge is 0.207 e. The lowest BCUT2D eigenvalue weighted by atomic mass is 10.1. The van der Waals surface area contributed by atoms with E-state index >= 15 is 0 Å². The minimum absolute atomic E-state index is 0.123. The summed E-state index contributed by atoms with van der Waals surface area (Å²) < 4.78 is 13.0. The molecule has 0 nitrogen and oxygen atoms in total. The van der Waals surface area contributed by atoms with Crippen LogP contribution in [0.4, 0.5) is 4.39 Å². The topological polar surface area (TPSA) is 0 Å². The number of halogens is 1. The molecule has 0 saturated heterocycles. The Labute approximate surface area is 72.8 Å². The molecule has 0 amide bonds. The van der Waals surface area contributed by atoms with Crippen molar-refractivity contribution in [3.05, 3.63) is 47.4 Å². The Hall–Kier alpha value is -1.11. The van der Waals surface area contributed by atoms with Gasteiger partial charge in [0.05, 0.1) is 0 Å². The first-order valence-corrected chi connectivity index (χ1v) is 4.01. The van der Waals surface area contributed by atoms with Crippen molar-refractivity contribution in [2.24, 2.45) is 0 Å². The number of hydrogen-bond donors (Lipinski definition) is 0. The van der Waals surface area contributed by atoms with Crippen LogP contribution in [0, 0.1) is 0 Å². The molecular weight excluding hydrogens is 151 g/mol. The minimum Gasteiger partial charge on any atom is -0.207 e. The summed E-state index contributed by atoms with van der Waals surface area (Å²) >= 11 is 0. The molecule has 0 aromatic carbocycles. The van der Waals surface area contributed by atoms with Gasteiger partial charge in [0, 0.05) is 0 Å². The van der Waals surface area contributed by atoms with Gasteiger partial charge in [0.15, 0.2) is 0 Å². The molecule has 0 bridgehead atoms. The van der Waals surface area contributed by atoms with Crippen molar-refractivity contribution >= 4 is 0 Å². The smallest absolute Gasteiger partial charge is 0.122 e. The molecule has 0 aromatic heterocycles. The van der Waals surface area contributed by atoms with Gasteiger partial charge in [-0.1, -0.05) is 18.2 Å². The SMILES string of the molecule is C=C(C)C1=CCC=C(F)C(C)=C1. The Morgan fingerprint density at radius 2 is 2.17 bits per heavy atom. The molecule has 64 valence electrons. The Balaban J connectivity index is 2.98. The molecular formula is C11H13F. The van der Waals surface area contributed by atoms with Crippen LogP contribution in [0.15, 0.2) is 47.4 Å². The fourth-order valence-electron chi connectivity index (χ4n) is 1.11. The van der Waals surface area contributed by atoms with Crippen LogP contribution in [0.2, 0.25) is 0 Å². The first-order valence-electron chi connectivity index (χ1n) is 4.01. The van der Waals surface area contributed by atoms with E-state index in [1.165, 1.54) is 0 Å². The van der Waals surface area contributed by atoms with E-state index in [9.17, 15) is 4.39 Å². The van der Waals surface area contributed by atoms with E-state index in [2.05, 4.69) is 6.58 Å². The summed E-state index contributed by atoms with van der Waals surface area (Å²) in [5, 5.41) is 0. The van der Waals surface area contributed by atoms with Gasteiger partial charge in [0.2, 0.25) is 0 Å². The van der Waals surface area contributed by atoms with Crippen molar-refractivity contribution in [3.8, 4) is 0 Å². The Morgan fingerprint density at radius 3 is 2.75 bits per heavy atom. The quantitative estimate of drug-likeness (QED) is 0.554.